The van der Waals surface area contributed by atoms with Crippen LogP contribution in [-0.4, -0.2) is 138 Å². The lowest BCUT2D eigenvalue weighted by molar-refractivity contribution is -0.170. The summed E-state index contributed by atoms with van der Waals surface area (Å²) >= 11 is 2.15. The summed E-state index contributed by atoms with van der Waals surface area (Å²) in [7, 11) is -8.38. The normalized spacial score (nSPS) is 16.4. The highest BCUT2D eigenvalue weighted by atomic mass is 32.2. The Kier molecular flexibility index (Phi) is 24.3. The molecule has 0 radical (unpaired) electrons. The van der Waals surface area contributed by atoms with Crippen LogP contribution >= 0.6 is 12.6 Å². The second-order valence-electron chi connectivity index (χ2n) is 20.3. The molecule has 0 saturated carbocycles. The van der Waals surface area contributed by atoms with Crippen molar-refractivity contribution in [3.05, 3.63) is 12.3 Å². The average molecular weight is 951 g/mol. The zero-order valence-corrected chi connectivity index (χ0v) is 42.8. The molecule has 0 amide bonds. The first-order chi connectivity index (χ1) is 27.4. The third-order valence-corrected chi connectivity index (χ3v) is 15.0. The van der Waals surface area contributed by atoms with Crippen LogP contribution in [0.4, 0.5) is 0 Å². The molecule has 0 aromatic heterocycles. The molecule has 0 aliphatic carbocycles. The molecule has 0 spiro atoms. The maximum absolute atomic E-state index is 14.3. The van der Waals surface area contributed by atoms with Gasteiger partial charge < -0.3 is 28.6 Å². The van der Waals surface area contributed by atoms with Gasteiger partial charge in [0, 0.05) is 25.0 Å². The van der Waals surface area contributed by atoms with Gasteiger partial charge in [-0.15, -0.1) is 0 Å². The van der Waals surface area contributed by atoms with Gasteiger partial charge in [-0.05, 0) is 93.7 Å². The van der Waals surface area contributed by atoms with Crippen molar-refractivity contribution in [2.24, 2.45) is 32.5 Å². The number of hydrogen-bond donors (Lipinski definition) is 4. The Bertz CT molecular complexity index is 1600. The van der Waals surface area contributed by atoms with Gasteiger partial charge in [-0.3, -0.25) is 18.7 Å². The molecule has 15 nitrogen and oxygen atoms in total. The third kappa shape index (κ3) is 21.9. The Morgan fingerprint density at radius 1 is 0.672 bits per heavy atom. The number of allylic oxidation sites excluding steroid dienone is 1. The highest BCUT2D eigenvalue weighted by molar-refractivity contribution is 7.86. The highest BCUT2D eigenvalue weighted by Crippen LogP contribution is 2.63. The Labute approximate surface area is 377 Å². The fraction of sp³-hybridized carbons (Fsp3) is 0.905. The lowest BCUT2D eigenvalue weighted by Crippen LogP contribution is -2.53. The lowest BCUT2D eigenvalue weighted by Gasteiger charge is -2.58. The first kappa shape index (κ1) is 59.7. The minimum Gasteiger partial charge on any atom is -0.494 e. The van der Waals surface area contributed by atoms with Crippen molar-refractivity contribution >= 4 is 55.9 Å². The van der Waals surface area contributed by atoms with Gasteiger partial charge in [-0.2, -0.15) is 29.5 Å². The average Bonchev–Trinajstić information content (AvgIpc) is 3.06. The topological polar surface area (TPSA) is 214 Å². The summed E-state index contributed by atoms with van der Waals surface area (Å²) in [6, 6.07) is 0. The van der Waals surface area contributed by atoms with Crippen LogP contribution in [0.15, 0.2) is 12.3 Å². The quantitative estimate of drug-likeness (QED) is 0.0137. The van der Waals surface area contributed by atoms with E-state index in [0.29, 0.717) is 51.2 Å². The first-order valence-corrected chi connectivity index (χ1v) is 26.2. The van der Waals surface area contributed by atoms with E-state index < -0.39 is 81.1 Å². The van der Waals surface area contributed by atoms with Crippen LogP contribution in [0.25, 0.3) is 0 Å². The smallest absolute Gasteiger partial charge is 0.318 e. The number of nitrogens with zero attached hydrogens (tertiary/aromatic N) is 2. The molecule has 0 rings (SSSR count). The van der Waals surface area contributed by atoms with E-state index in [1.807, 2.05) is 37.5 Å². The number of esters is 2. The number of thiol groups is 1. The summed E-state index contributed by atoms with van der Waals surface area (Å²) in [6.45, 7) is 34.0. The van der Waals surface area contributed by atoms with Crippen molar-refractivity contribution in [1.29, 1.82) is 0 Å². The molecule has 3 N–H and O–H groups in total. The Balaban J connectivity index is 6.18. The van der Waals surface area contributed by atoms with Gasteiger partial charge in [0.15, 0.2) is 11.1 Å². The summed E-state index contributed by atoms with van der Waals surface area (Å²) < 4.78 is 102. The fourth-order valence-corrected chi connectivity index (χ4v) is 9.17. The van der Waals surface area contributed by atoms with E-state index >= 15 is 0 Å². The number of carbonyl (C=O) groups is 2. The third-order valence-electron chi connectivity index (χ3n) is 12.5. The maximum atomic E-state index is 14.3. The van der Waals surface area contributed by atoms with Gasteiger partial charge in [0.05, 0.1) is 40.3 Å². The second-order valence-corrected chi connectivity index (χ2v) is 25.3. The van der Waals surface area contributed by atoms with E-state index in [1.165, 1.54) is 0 Å². The Morgan fingerprint density at radius 3 is 1.52 bits per heavy atom. The molecule has 0 aromatic rings. The summed E-state index contributed by atoms with van der Waals surface area (Å²) in [5, 5.41) is -0.548. The molecular formula is C42H82N2O13S4. The number of hydrogen-bond acceptors (Lipinski definition) is 13. The summed E-state index contributed by atoms with van der Waals surface area (Å²) in [6.07, 6.45) is 2.27. The van der Waals surface area contributed by atoms with E-state index in [2.05, 4.69) is 74.6 Å². The van der Waals surface area contributed by atoms with Crippen LogP contribution in [0, 0.1) is 32.5 Å². The van der Waals surface area contributed by atoms with E-state index in [9.17, 15) is 44.3 Å². The molecule has 0 fully saturated rings. The zero-order valence-electron chi connectivity index (χ0n) is 39.5. The molecule has 4 atom stereocenters. The summed E-state index contributed by atoms with van der Waals surface area (Å²) in [4.78, 5) is 30.2. The van der Waals surface area contributed by atoms with Crippen molar-refractivity contribution in [2.75, 3.05) is 76.3 Å². The van der Waals surface area contributed by atoms with Crippen molar-refractivity contribution < 1.29 is 58.5 Å². The van der Waals surface area contributed by atoms with E-state index in [1.54, 1.807) is 6.92 Å². The molecule has 19 heteroatoms. The molecule has 61 heavy (non-hydrogen) atoms. The van der Waals surface area contributed by atoms with Crippen LogP contribution in [0.2, 0.25) is 0 Å². The zero-order chi connectivity index (χ0) is 47.9. The van der Waals surface area contributed by atoms with Crippen LogP contribution in [0.1, 0.15) is 129 Å². The predicted octanol–water partition coefficient (Wildman–Crippen LogP) is 7.02. The number of carbonyl (C=O) groups excluding carboxylic acids is 2. The van der Waals surface area contributed by atoms with Crippen LogP contribution in [0.5, 0.6) is 0 Å². The molecule has 362 valence electrons. The van der Waals surface area contributed by atoms with Gasteiger partial charge >= 0.3 is 11.9 Å². The van der Waals surface area contributed by atoms with Crippen LogP contribution in [0.3, 0.4) is 0 Å². The minimum atomic E-state index is -4.19. The highest BCUT2D eigenvalue weighted by Gasteiger charge is 2.58. The van der Waals surface area contributed by atoms with Crippen molar-refractivity contribution in [3.8, 4) is 0 Å². The molecule has 0 aromatic carbocycles. The minimum absolute atomic E-state index is 0.0608. The van der Waals surface area contributed by atoms with Crippen molar-refractivity contribution in [1.82, 2.24) is 9.80 Å². The molecule has 4 unspecified atom stereocenters. The summed E-state index contributed by atoms with van der Waals surface area (Å²) in [5.74, 6) is -1.04. The fourth-order valence-electron chi connectivity index (χ4n) is 7.73. The molecule has 0 heterocycles. The van der Waals surface area contributed by atoms with Gasteiger partial charge in [-0.25, -0.2) is 4.21 Å². The predicted molar refractivity (Wildman–Crippen MR) is 247 cm³/mol. The monoisotopic (exact) mass is 950 g/mol. The van der Waals surface area contributed by atoms with Crippen LogP contribution < -0.4 is 0 Å². The number of rotatable bonds is 31. The molecule has 0 aliphatic rings. The SMILES string of the molecule is C=C(OCCOC(=O)C(C)S)C(C)(CC(C)(C)C)C(C)(C)C(C)(C)CC(C)(C(=O)OCCCN(CCCS(=O)O)CCN(CCCS(=O)(=O)O)CCCS(=O)(=O)O)C(C)(C)C. The van der Waals surface area contributed by atoms with Crippen molar-refractivity contribution in [2.45, 2.75) is 134 Å². The molecule has 0 bridgehead atoms. The summed E-state index contributed by atoms with van der Waals surface area (Å²) in [5.41, 5.74) is -3.16. The van der Waals surface area contributed by atoms with E-state index in [0.717, 1.165) is 6.42 Å². The van der Waals surface area contributed by atoms with Gasteiger partial charge in [0.2, 0.25) is 0 Å². The standard InChI is InChI=1S/C42H82N2O13S4/c1-33(58)35(45)56-27-26-55-34(2)41(13,31-37(3,4)5)40(11,12)39(9,10)32-42(14,38(6,7)8)36(46)57-25-15-19-43(20-16-28-59(47)48)23-24-44(21-17-29-60(49,50)51)22-18-30-61(52,53)54/h33,58H,2,15-32H2,1,3-14H3,(H,47,48)(H,49,50,51)(H,52,53,54). The van der Waals surface area contributed by atoms with Gasteiger partial charge in [0.25, 0.3) is 20.2 Å². The largest absolute Gasteiger partial charge is 0.494 e. The molecule has 0 saturated heterocycles. The van der Waals surface area contributed by atoms with E-state index in [4.69, 9.17) is 14.2 Å². The van der Waals surface area contributed by atoms with Crippen LogP contribution in [-0.2, 0) is 55.1 Å². The van der Waals surface area contributed by atoms with Crippen molar-refractivity contribution in [3.63, 3.8) is 0 Å². The van der Waals surface area contributed by atoms with Gasteiger partial charge in [-0.1, -0.05) is 82.7 Å². The number of ether oxygens (including phenoxy) is 3. The Hall–Kier alpha value is -1.32. The first-order valence-electron chi connectivity index (χ1n) is 21.2. The molecule has 0 aliphatic heterocycles. The second kappa shape index (κ2) is 24.8. The molecular weight excluding hydrogens is 869 g/mol. The maximum Gasteiger partial charge on any atom is 0.318 e. The lowest BCUT2D eigenvalue weighted by atomic mass is 9.46. The Morgan fingerprint density at radius 2 is 1.11 bits per heavy atom. The van der Waals surface area contributed by atoms with Gasteiger partial charge in [0.1, 0.15) is 13.2 Å². The van der Waals surface area contributed by atoms with E-state index in [-0.39, 0.29) is 62.9 Å².